The average molecular weight is 273 g/mol. The molecular weight excluding hydrogens is 258 g/mol. The maximum atomic E-state index is 11.7. The zero-order chi connectivity index (χ0) is 14.0. The molecule has 4 heteroatoms. The molecule has 2 rings (SSSR count). The largest absolute Gasteiger partial charge is 0.430 e. The number of carbonyl (C=O) groups is 1. The number of benzene rings is 2. The Bertz CT molecular complexity index is 650. The van der Waals surface area contributed by atoms with Gasteiger partial charge >= 0.3 is 0 Å². The molecule has 0 fully saturated rings. The number of carbonyl (C=O) groups excluding carboxylic acids is 1. The number of hydrogen-bond acceptors (Lipinski definition) is 3. The van der Waals surface area contributed by atoms with Crippen molar-refractivity contribution in [3.63, 3.8) is 0 Å². The fourth-order valence-corrected chi connectivity index (χ4v) is 1.89. The van der Waals surface area contributed by atoms with E-state index in [1.165, 1.54) is 6.92 Å². The van der Waals surface area contributed by atoms with E-state index < -0.39 is 0 Å². The van der Waals surface area contributed by atoms with Gasteiger partial charge in [-0.3, -0.25) is 4.79 Å². The molecule has 0 spiro atoms. The van der Waals surface area contributed by atoms with Crippen molar-refractivity contribution in [1.29, 1.82) is 0 Å². The summed E-state index contributed by atoms with van der Waals surface area (Å²) in [5, 5.41) is 2.24. The molecule has 0 unspecified atom stereocenters. The van der Waals surface area contributed by atoms with Crippen LogP contribution < -0.4 is 4.74 Å². The highest BCUT2D eigenvalue weighted by molar-refractivity contribution is 7.80. The van der Waals surface area contributed by atoms with Crippen LogP contribution in [0.5, 0.6) is 5.75 Å². The molecule has 0 heterocycles. The number of thiocarbonyl (C=S) groups is 1. The first-order chi connectivity index (χ1) is 9.00. The van der Waals surface area contributed by atoms with Crippen molar-refractivity contribution < 1.29 is 9.53 Å². The predicted octanol–water partition coefficient (Wildman–Crippen LogP) is 3.27. The number of fused-ring (bicyclic) bond motifs is 1. The quantitative estimate of drug-likeness (QED) is 0.620. The Morgan fingerprint density at radius 3 is 2.47 bits per heavy atom. The SMILES string of the molecule is CC(=O)c1ccc2ccccc2c1OC(=S)N(C)C. The smallest absolute Gasteiger partial charge is 0.264 e. The molecule has 0 N–H and O–H groups in total. The topological polar surface area (TPSA) is 29.5 Å². The van der Waals surface area contributed by atoms with Crippen LogP contribution in [-0.4, -0.2) is 30.0 Å². The second-order valence-electron chi connectivity index (χ2n) is 4.48. The van der Waals surface area contributed by atoms with Gasteiger partial charge in [0.25, 0.3) is 5.17 Å². The van der Waals surface area contributed by atoms with E-state index in [4.69, 9.17) is 17.0 Å². The molecule has 0 aromatic heterocycles. The third kappa shape index (κ3) is 2.74. The lowest BCUT2D eigenvalue weighted by Gasteiger charge is -2.17. The van der Waals surface area contributed by atoms with E-state index in [0.29, 0.717) is 16.5 Å². The summed E-state index contributed by atoms with van der Waals surface area (Å²) in [5.74, 6) is 0.492. The summed E-state index contributed by atoms with van der Waals surface area (Å²) in [7, 11) is 3.61. The number of hydrogen-bond donors (Lipinski definition) is 0. The fraction of sp³-hybridized carbons (Fsp3) is 0.200. The summed E-state index contributed by atoms with van der Waals surface area (Å²) < 4.78 is 5.72. The lowest BCUT2D eigenvalue weighted by molar-refractivity contribution is 0.101. The Morgan fingerprint density at radius 1 is 1.16 bits per heavy atom. The van der Waals surface area contributed by atoms with Gasteiger partial charge in [-0.15, -0.1) is 0 Å². The molecule has 0 aliphatic carbocycles. The van der Waals surface area contributed by atoms with Gasteiger partial charge in [-0.25, -0.2) is 0 Å². The Balaban J connectivity index is 2.62. The predicted molar refractivity (Wildman–Crippen MR) is 80.9 cm³/mol. The molecule has 0 aliphatic rings. The summed E-state index contributed by atoms with van der Waals surface area (Å²) in [6.45, 7) is 1.52. The lowest BCUT2D eigenvalue weighted by Crippen LogP contribution is -2.25. The van der Waals surface area contributed by atoms with E-state index in [0.717, 1.165) is 10.8 Å². The van der Waals surface area contributed by atoms with E-state index in [2.05, 4.69) is 0 Å². The zero-order valence-electron chi connectivity index (χ0n) is 11.1. The van der Waals surface area contributed by atoms with E-state index in [-0.39, 0.29) is 5.78 Å². The summed E-state index contributed by atoms with van der Waals surface area (Å²) >= 11 is 5.16. The molecule has 0 radical (unpaired) electrons. The summed E-state index contributed by atoms with van der Waals surface area (Å²) in [5.41, 5.74) is 0.544. The van der Waals surface area contributed by atoms with Crippen molar-refractivity contribution in [2.75, 3.05) is 14.1 Å². The molecular formula is C15H15NO2S. The molecule has 2 aromatic carbocycles. The minimum atomic E-state index is -0.0395. The van der Waals surface area contributed by atoms with E-state index in [9.17, 15) is 4.79 Å². The molecule has 19 heavy (non-hydrogen) atoms. The van der Waals surface area contributed by atoms with Crippen LogP contribution in [0.15, 0.2) is 36.4 Å². The number of ketones is 1. The number of nitrogens with zero attached hydrogens (tertiary/aromatic N) is 1. The first kappa shape index (κ1) is 13.5. The standard InChI is InChI=1S/C15H15NO2S/c1-10(17)12-9-8-11-6-4-5-7-13(11)14(12)18-15(19)16(2)3/h4-9H,1-3H3. The van der Waals surface area contributed by atoms with Crippen molar-refractivity contribution in [1.82, 2.24) is 4.90 Å². The minimum absolute atomic E-state index is 0.0395. The Morgan fingerprint density at radius 2 is 1.84 bits per heavy atom. The average Bonchev–Trinajstić information content (AvgIpc) is 2.38. The van der Waals surface area contributed by atoms with Crippen LogP contribution in [0.2, 0.25) is 0 Å². The molecule has 0 amide bonds. The maximum Gasteiger partial charge on any atom is 0.264 e. The van der Waals surface area contributed by atoms with E-state index >= 15 is 0 Å². The van der Waals surface area contributed by atoms with Crippen LogP contribution in [0.1, 0.15) is 17.3 Å². The number of ether oxygens (including phenoxy) is 1. The maximum absolute atomic E-state index is 11.7. The second kappa shape index (κ2) is 5.36. The Kier molecular flexibility index (Phi) is 3.81. The van der Waals surface area contributed by atoms with Crippen molar-refractivity contribution in [2.24, 2.45) is 0 Å². The van der Waals surface area contributed by atoms with Gasteiger partial charge in [0.2, 0.25) is 0 Å². The molecule has 0 bridgehead atoms. The van der Waals surface area contributed by atoms with Crippen molar-refractivity contribution in [2.45, 2.75) is 6.92 Å². The molecule has 0 aliphatic heterocycles. The van der Waals surface area contributed by atoms with Crippen molar-refractivity contribution in [3.8, 4) is 5.75 Å². The first-order valence-electron chi connectivity index (χ1n) is 5.92. The lowest BCUT2D eigenvalue weighted by atomic mass is 10.0. The van der Waals surface area contributed by atoms with Gasteiger partial charge in [0, 0.05) is 19.5 Å². The van der Waals surface area contributed by atoms with Gasteiger partial charge < -0.3 is 9.64 Å². The van der Waals surface area contributed by atoms with Gasteiger partial charge in [0.1, 0.15) is 5.75 Å². The van der Waals surface area contributed by atoms with Gasteiger partial charge in [-0.05, 0) is 30.6 Å². The monoisotopic (exact) mass is 273 g/mol. The van der Waals surface area contributed by atoms with Gasteiger partial charge in [-0.1, -0.05) is 30.3 Å². The van der Waals surface area contributed by atoms with Crippen LogP contribution in [0, 0.1) is 0 Å². The Labute approximate surface area is 117 Å². The van der Waals surface area contributed by atoms with Crippen LogP contribution in [0.3, 0.4) is 0 Å². The van der Waals surface area contributed by atoms with E-state index in [1.807, 2.05) is 30.3 Å². The van der Waals surface area contributed by atoms with Crippen LogP contribution >= 0.6 is 12.2 Å². The van der Waals surface area contributed by atoms with Crippen molar-refractivity contribution >= 4 is 33.9 Å². The van der Waals surface area contributed by atoms with E-state index in [1.54, 1.807) is 25.1 Å². The van der Waals surface area contributed by atoms with Crippen LogP contribution in [0.25, 0.3) is 10.8 Å². The van der Waals surface area contributed by atoms with Gasteiger partial charge in [0.15, 0.2) is 5.78 Å². The summed E-state index contributed by atoms with van der Waals surface area (Å²) in [6, 6.07) is 11.5. The number of rotatable bonds is 2. The zero-order valence-corrected chi connectivity index (χ0v) is 12.0. The summed E-state index contributed by atoms with van der Waals surface area (Å²) in [6.07, 6.45) is 0. The normalized spacial score (nSPS) is 10.3. The molecule has 0 saturated carbocycles. The molecule has 0 atom stereocenters. The third-order valence-corrected chi connectivity index (χ3v) is 3.26. The van der Waals surface area contributed by atoms with Crippen LogP contribution in [0.4, 0.5) is 0 Å². The highest BCUT2D eigenvalue weighted by Gasteiger charge is 2.15. The highest BCUT2D eigenvalue weighted by Crippen LogP contribution is 2.30. The minimum Gasteiger partial charge on any atom is -0.430 e. The van der Waals surface area contributed by atoms with Crippen LogP contribution in [-0.2, 0) is 0 Å². The molecule has 3 nitrogen and oxygen atoms in total. The second-order valence-corrected chi connectivity index (χ2v) is 4.83. The van der Waals surface area contributed by atoms with Gasteiger partial charge in [0.05, 0.1) is 5.56 Å². The fourth-order valence-electron chi connectivity index (χ4n) is 1.81. The third-order valence-electron chi connectivity index (χ3n) is 2.81. The van der Waals surface area contributed by atoms with Gasteiger partial charge in [-0.2, -0.15) is 0 Å². The Hall–Kier alpha value is -1.94. The molecule has 0 saturated heterocycles. The number of Topliss-reactive ketones (excluding diaryl/α,β-unsaturated/α-hetero) is 1. The molecule has 98 valence electrons. The molecule has 2 aromatic rings. The summed E-state index contributed by atoms with van der Waals surface area (Å²) in [4.78, 5) is 13.4. The first-order valence-corrected chi connectivity index (χ1v) is 6.33. The van der Waals surface area contributed by atoms with Crippen molar-refractivity contribution in [3.05, 3.63) is 42.0 Å². The highest BCUT2D eigenvalue weighted by atomic mass is 32.1.